The summed E-state index contributed by atoms with van der Waals surface area (Å²) in [6.07, 6.45) is 0. The van der Waals surface area contributed by atoms with Gasteiger partial charge >= 0.3 is 17.1 Å². The van der Waals surface area contributed by atoms with Crippen LogP contribution < -0.4 is 0 Å². The molecule has 0 aliphatic carbocycles. The van der Waals surface area contributed by atoms with E-state index in [-0.39, 0.29) is 37.3 Å². The fraction of sp³-hybridized carbons (Fsp3) is 0. The molecular formula is C20H15CuO4S2. The summed E-state index contributed by atoms with van der Waals surface area (Å²) in [6, 6.07) is 23.4. The zero-order chi connectivity index (χ0) is 18.6. The number of sulfone groups is 2. The van der Waals surface area contributed by atoms with Crippen LogP contribution in [0.5, 0.6) is 0 Å². The maximum Gasteiger partial charge on any atom is 1.00 e. The Morgan fingerprint density at radius 3 is 1.48 bits per heavy atom. The van der Waals surface area contributed by atoms with Crippen LogP contribution >= 0.6 is 0 Å². The summed E-state index contributed by atoms with van der Waals surface area (Å²) in [6.45, 7) is 0. The molecule has 3 aromatic carbocycles. The molecule has 0 bridgehead atoms. The van der Waals surface area contributed by atoms with Gasteiger partial charge < -0.3 is 0 Å². The third-order valence-electron chi connectivity index (χ3n) is 3.64. The van der Waals surface area contributed by atoms with E-state index in [1.807, 2.05) is 0 Å². The van der Waals surface area contributed by atoms with Crippen molar-refractivity contribution >= 4 is 24.6 Å². The molecule has 0 amide bonds. The van der Waals surface area contributed by atoms with Crippen molar-refractivity contribution in [3.63, 3.8) is 0 Å². The first-order chi connectivity index (χ1) is 12.4. The van der Waals surface area contributed by atoms with Gasteiger partial charge in [-0.1, -0.05) is 59.5 Å². The van der Waals surface area contributed by atoms with Crippen molar-refractivity contribution in [2.24, 2.45) is 0 Å². The topological polar surface area (TPSA) is 68.3 Å². The second kappa shape index (κ2) is 8.67. The van der Waals surface area contributed by atoms with Crippen LogP contribution in [-0.4, -0.2) is 16.8 Å². The Morgan fingerprint density at radius 2 is 1.00 bits per heavy atom. The summed E-state index contributed by atoms with van der Waals surface area (Å²) in [5.74, 6) is 0. The van der Waals surface area contributed by atoms with Gasteiger partial charge in [-0.3, -0.25) is 0 Å². The standard InChI is InChI=1S/C20H15O4S2.Cu/c21-25(22,18-12-6-2-7-13-18)16-20(17-10-4-1-5-11-17)26(23,24)19-14-8-3-9-15-19;/h1-15H;/q-1;+1. The van der Waals surface area contributed by atoms with E-state index in [2.05, 4.69) is 5.41 Å². The third kappa shape index (κ3) is 4.76. The summed E-state index contributed by atoms with van der Waals surface area (Å²) in [7, 11) is -8.13. The molecule has 0 spiro atoms. The van der Waals surface area contributed by atoms with Gasteiger partial charge in [-0.2, -0.15) is 5.56 Å². The molecule has 7 heteroatoms. The molecule has 0 aromatic heterocycles. The van der Waals surface area contributed by atoms with Crippen LogP contribution in [0.15, 0.2) is 101 Å². The van der Waals surface area contributed by atoms with Crippen LogP contribution in [0, 0.1) is 5.41 Å². The molecule has 0 radical (unpaired) electrons. The minimum Gasteiger partial charge on any atom is -0.239 e. The fourth-order valence-corrected chi connectivity index (χ4v) is 5.32. The van der Waals surface area contributed by atoms with E-state index < -0.39 is 19.7 Å². The van der Waals surface area contributed by atoms with Crippen LogP contribution in [0.2, 0.25) is 0 Å². The predicted octanol–water partition coefficient (Wildman–Crippen LogP) is 3.73. The quantitative estimate of drug-likeness (QED) is 0.442. The molecule has 0 heterocycles. The molecule has 4 nitrogen and oxygen atoms in total. The predicted molar refractivity (Wildman–Crippen MR) is 100 cm³/mol. The molecule has 0 aliphatic heterocycles. The van der Waals surface area contributed by atoms with Gasteiger partial charge in [0.25, 0.3) is 0 Å². The van der Waals surface area contributed by atoms with Crippen LogP contribution in [0.25, 0.3) is 4.91 Å². The summed E-state index contributed by atoms with van der Waals surface area (Å²) in [4.78, 5) is -0.389. The minimum absolute atomic E-state index is 0. The van der Waals surface area contributed by atoms with E-state index in [1.165, 1.54) is 24.3 Å². The Bertz CT molecular complexity index is 1120. The Labute approximate surface area is 169 Å². The average Bonchev–Trinajstić information content (AvgIpc) is 2.68. The Morgan fingerprint density at radius 1 is 0.593 bits per heavy atom. The maximum atomic E-state index is 13.1. The molecule has 142 valence electrons. The van der Waals surface area contributed by atoms with Crippen molar-refractivity contribution < 1.29 is 33.9 Å². The van der Waals surface area contributed by atoms with Gasteiger partial charge in [-0.25, -0.2) is 16.8 Å². The first kappa shape index (κ1) is 21.1. The second-order valence-corrected chi connectivity index (χ2v) is 9.00. The summed E-state index contributed by atoms with van der Waals surface area (Å²) in [5.41, 5.74) is 0.260. The Kier molecular flexibility index (Phi) is 6.78. The van der Waals surface area contributed by atoms with E-state index in [1.54, 1.807) is 66.7 Å². The summed E-state index contributed by atoms with van der Waals surface area (Å²) >= 11 is 0. The maximum absolute atomic E-state index is 13.1. The minimum atomic E-state index is -4.07. The van der Waals surface area contributed by atoms with E-state index in [4.69, 9.17) is 0 Å². The van der Waals surface area contributed by atoms with Gasteiger partial charge in [0.2, 0.25) is 0 Å². The van der Waals surface area contributed by atoms with Crippen molar-refractivity contribution in [2.45, 2.75) is 9.79 Å². The van der Waals surface area contributed by atoms with E-state index in [9.17, 15) is 16.8 Å². The van der Waals surface area contributed by atoms with Crippen molar-refractivity contribution in [3.05, 3.63) is 102 Å². The smallest absolute Gasteiger partial charge is 0.239 e. The molecule has 0 atom stereocenters. The number of benzene rings is 3. The monoisotopic (exact) mass is 446 g/mol. The first-order valence-corrected chi connectivity index (χ1v) is 10.7. The number of hydrogen-bond donors (Lipinski definition) is 0. The molecule has 27 heavy (non-hydrogen) atoms. The molecule has 3 aromatic rings. The van der Waals surface area contributed by atoms with Gasteiger partial charge in [-0.05, 0) is 24.3 Å². The van der Waals surface area contributed by atoms with Gasteiger partial charge in [0.1, 0.15) is 9.84 Å². The molecular weight excluding hydrogens is 432 g/mol. The van der Waals surface area contributed by atoms with Gasteiger partial charge in [-0.15, -0.1) is 17.5 Å². The van der Waals surface area contributed by atoms with Crippen molar-refractivity contribution in [1.29, 1.82) is 0 Å². The molecule has 0 fully saturated rings. The van der Waals surface area contributed by atoms with E-state index in [0.717, 1.165) is 0 Å². The number of hydrogen-bond acceptors (Lipinski definition) is 4. The fourth-order valence-electron chi connectivity index (χ4n) is 2.36. The zero-order valence-corrected chi connectivity index (χ0v) is 16.5. The summed E-state index contributed by atoms with van der Waals surface area (Å²) in [5, 5.41) is 2.27. The van der Waals surface area contributed by atoms with Crippen LogP contribution in [-0.2, 0) is 36.7 Å². The summed E-state index contributed by atoms with van der Waals surface area (Å²) < 4.78 is 51.6. The molecule has 0 saturated carbocycles. The first-order valence-electron chi connectivity index (χ1n) is 7.72. The van der Waals surface area contributed by atoms with Gasteiger partial charge in [0.15, 0.2) is 9.84 Å². The van der Waals surface area contributed by atoms with Crippen molar-refractivity contribution in [1.82, 2.24) is 0 Å². The van der Waals surface area contributed by atoms with Crippen molar-refractivity contribution in [3.8, 4) is 0 Å². The largest absolute Gasteiger partial charge is 1.00 e. The zero-order valence-electron chi connectivity index (χ0n) is 13.9. The Hall–Kier alpha value is -2.18. The van der Waals surface area contributed by atoms with Gasteiger partial charge in [0, 0.05) is 0 Å². The van der Waals surface area contributed by atoms with Crippen molar-refractivity contribution in [2.75, 3.05) is 0 Å². The average molecular weight is 447 g/mol. The van der Waals surface area contributed by atoms with Gasteiger partial charge in [0.05, 0.1) is 9.79 Å². The molecule has 0 saturated heterocycles. The van der Waals surface area contributed by atoms with E-state index >= 15 is 0 Å². The molecule has 0 aliphatic rings. The SMILES string of the molecule is O=S(=O)([C-]=C(c1ccccc1)S(=O)(=O)c1ccccc1)c1ccccc1.[Cu+]. The molecule has 0 unspecified atom stereocenters. The van der Waals surface area contributed by atoms with Crippen LogP contribution in [0.3, 0.4) is 0 Å². The molecule has 0 N–H and O–H groups in total. The van der Waals surface area contributed by atoms with E-state index in [0.29, 0.717) is 0 Å². The Balaban J connectivity index is 0.00000261. The number of rotatable bonds is 5. The normalized spacial score (nSPS) is 12.2. The van der Waals surface area contributed by atoms with Crippen LogP contribution in [0.1, 0.15) is 5.56 Å². The molecule has 3 rings (SSSR count). The third-order valence-corrected chi connectivity index (χ3v) is 6.90. The second-order valence-electron chi connectivity index (χ2n) is 5.43. The van der Waals surface area contributed by atoms with Crippen LogP contribution in [0.4, 0.5) is 0 Å².